The normalized spacial score (nSPS) is 11.9. The fraction of sp³-hybridized carbons (Fsp3) is 0.125. The molecule has 1 amide bonds. The first-order valence-corrected chi connectivity index (χ1v) is 11.2. The zero-order valence-corrected chi connectivity index (χ0v) is 20.4. The summed E-state index contributed by atoms with van der Waals surface area (Å²) in [6, 6.07) is 11.5. The predicted molar refractivity (Wildman–Crippen MR) is 135 cm³/mol. The molecular weight excluding hydrogens is 525 g/mol. The first-order chi connectivity index (χ1) is 18.1. The van der Waals surface area contributed by atoms with E-state index >= 15 is 0 Å². The average Bonchev–Trinajstić information content (AvgIpc) is 3.29. The number of aromatic nitrogens is 4. The molecule has 0 aliphatic carbocycles. The Hall–Kier alpha value is -4.65. The molecule has 0 spiro atoms. The monoisotopic (exact) mass is 544 g/mol. The molecule has 0 aliphatic rings. The molecule has 0 saturated heterocycles. The molecule has 0 aliphatic heterocycles. The third-order valence-electron chi connectivity index (χ3n) is 5.30. The molecule has 0 fully saturated rings. The van der Waals surface area contributed by atoms with Gasteiger partial charge in [0.1, 0.15) is 28.4 Å². The van der Waals surface area contributed by atoms with Crippen molar-refractivity contribution in [2.45, 2.75) is 12.7 Å². The van der Waals surface area contributed by atoms with Crippen LogP contribution in [0.4, 0.5) is 19.0 Å². The van der Waals surface area contributed by atoms with Crippen LogP contribution < -0.4 is 21.1 Å². The van der Waals surface area contributed by atoms with Crippen molar-refractivity contribution in [2.24, 2.45) is 0 Å². The molecule has 0 atom stereocenters. The van der Waals surface area contributed by atoms with E-state index in [-0.39, 0.29) is 39.5 Å². The topological polar surface area (TPSA) is 143 Å². The second kappa shape index (κ2) is 10.8. The lowest BCUT2D eigenvalue weighted by Gasteiger charge is -2.11. The van der Waals surface area contributed by atoms with Crippen LogP contribution >= 0.6 is 11.6 Å². The van der Waals surface area contributed by atoms with Crippen molar-refractivity contribution in [1.82, 2.24) is 30.2 Å². The van der Waals surface area contributed by atoms with Crippen LogP contribution in [-0.4, -0.2) is 38.4 Å². The largest absolute Gasteiger partial charge is 0.480 e. The van der Waals surface area contributed by atoms with Crippen LogP contribution in [0, 0.1) is 5.41 Å². The summed E-state index contributed by atoms with van der Waals surface area (Å²) in [5, 5.41) is 17.3. The summed E-state index contributed by atoms with van der Waals surface area (Å²) in [7, 11) is 1.27. The molecular formula is C24H20ClF3N8O2. The number of alkyl halides is 3. The van der Waals surface area contributed by atoms with Gasteiger partial charge in [0.25, 0.3) is 5.91 Å². The van der Waals surface area contributed by atoms with Gasteiger partial charge in [-0.2, -0.15) is 18.3 Å². The number of carbonyl (C=O) groups excluding carboxylic acids is 1. The van der Waals surface area contributed by atoms with Crippen LogP contribution in [0.3, 0.4) is 0 Å². The van der Waals surface area contributed by atoms with Gasteiger partial charge in [0.2, 0.25) is 5.88 Å². The third-order valence-corrected chi connectivity index (χ3v) is 5.54. The maximum absolute atomic E-state index is 13.7. The molecule has 0 saturated carbocycles. The van der Waals surface area contributed by atoms with Crippen molar-refractivity contribution < 1.29 is 22.7 Å². The van der Waals surface area contributed by atoms with Crippen molar-refractivity contribution >= 4 is 34.7 Å². The zero-order valence-electron chi connectivity index (χ0n) is 19.7. The number of nitrogens with zero attached hydrogens (tertiary/aromatic N) is 4. The lowest BCUT2D eigenvalue weighted by molar-refractivity contribution is -0.136. The molecule has 5 N–H and O–H groups in total. The van der Waals surface area contributed by atoms with Crippen molar-refractivity contribution in [1.29, 1.82) is 5.41 Å². The number of rotatable bonds is 7. The molecule has 38 heavy (non-hydrogen) atoms. The number of halogens is 4. The van der Waals surface area contributed by atoms with Crippen molar-refractivity contribution in [3.8, 4) is 17.1 Å². The highest BCUT2D eigenvalue weighted by Gasteiger charge is 2.36. The standard InChI is InChI=1S/C24H20ClF3N8O2/c1-38-23-15(22(37)35-19(29)9-18(25)31-10-13-5-3-2-4-6-13)7-14(11-32-23)17-8-16(24(26,27)28)20-21(30)33-12-34-36(17)20/h2-9,11-12,31H,10H2,1H3,(H2,29,35,37)(H2,30,33,34)/b18-9-. The van der Waals surface area contributed by atoms with Crippen molar-refractivity contribution in [3.63, 3.8) is 0 Å². The fourth-order valence-corrected chi connectivity index (χ4v) is 3.77. The highest BCUT2D eigenvalue weighted by Crippen LogP contribution is 2.38. The molecule has 3 aromatic heterocycles. The minimum absolute atomic E-state index is 0.0336. The first kappa shape index (κ1) is 26.4. The number of nitrogens with two attached hydrogens (primary N) is 1. The number of carbonyl (C=O) groups is 1. The van der Waals surface area contributed by atoms with E-state index in [1.165, 1.54) is 25.4 Å². The number of benzene rings is 1. The van der Waals surface area contributed by atoms with Gasteiger partial charge in [-0.1, -0.05) is 41.9 Å². The number of ether oxygens (including phenoxy) is 1. The Bertz CT molecular complexity index is 1540. The lowest BCUT2D eigenvalue weighted by atomic mass is 10.1. The Morgan fingerprint density at radius 3 is 2.66 bits per heavy atom. The summed E-state index contributed by atoms with van der Waals surface area (Å²) in [6.07, 6.45) is -1.30. The first-order valence-electron chi connectivity index (χ1n) is 10.9. The Labute approximate surface area is 218 Å². The van der Waals surface area contributed by atoms with Crippen molar-refractivity contribution in [2.75, 3.05) is 12.8 Å². The Morgan fingerprint density at radius 2 is 1.97 bits per heavy atom. The van der Waals surface area contributed by atoms with E-state index < -0.39 is 23.2 Å². The summed E-state index contributed by atoms with van der Waals surface area (Å²) in [6.45, 7) is 0.399. The number of amides is 1. The number of amidine groups is 1. The molecule has 0 unspecified atom stereocenters. The zero-order chi connectivity index (χ0) is 27.4. The van der Waals surface area contributed by atoms with Gasteiger partial charge >= 0.3 is 6.18 Å². The minimum Gasteiger partial charge on any atom is -0.480 e. The molecule has 0 radical (unpaired) electrons. The lowest BCUT2D eigenvalue weighted by Crippen LogP contribution is -2.29. The number of anilines is 1. The minimum atomic E-state index is -4.74. The van der Waals surface area contributed by atoms with Gasteiger partial charge in [0, 0.05) is 24.4 Å². The number of pyridine rings is 1. The molecule has 3 heterocycles. The Morgan fingerprint density at radius 1 is 1.24 bits per heavy atom. The van der Waals surface area contributed by atoms with E-state index in [4.69, 9.17) is 27.5 Å². The molecule has 196 valence electrons. The van der Waals surface area contributed by atoms with Crippen LogP contribution in [0.15, 0.2) is 66.2 Å². The van der Waals surface area contributed by atoms with Gasteiger partial charge in [-0.05, 0) is 17.7 Å². The molecule has 10 nitrogen and oxygen atoms in total. The number of hydrogen-bond donors (Lipinski definition) is 4. The SMILES string of the molecule is COc1ncc(-c2cc(C(F)(F)F)c3c(N)ncnn23)cc1C(=O)NC(=N)/C=C(/Cl)NCc1ccccc1. The maximum atomic E-state index is 13.7. The van der Waals surface area contributed by atoms with Gasteiger partial charge in [0.05, 0.1) is 18.4 Å². The third kappa shape index (κ3) is 5.67. The number of nitrogen functional groups attached to an aromatic ring is 1. The average molecular weight is 545 g/mol. The highest BCUT2D eigenvalue weighted by atomic mass is 35.5. The molecule has 4 rings (SSSR count). The quantitative estimate of drug-likeness (QED) is 0.156. The van der Waals surface area contributed by atoms with E-state index in [1.54, 1.807) is 0 Å². The Balaban J connectivity index is 1.60. The highest BCUT2D eigenvalue weighted by molar-refractivity contribution is 6.31. The van der Waals surface area contributed by atoms with Crippen LogP contribution in [0.2, 0.25) is 0 Å². The maximum Gasteiger partial charge on any atom is 0.418 e. The summed E-state index contributed by atoms with van der Waals surface area (Å²) in [5.41, 5.74) is 5.13. The second-order valence-electron chi connectivity index (χ2n) is 7.83. The molecule has 0 bridgehead atoms. The molecule has 14 heteroatoms. The Kier molecular flexibility index (Phi) is 7.48. The van der Waals surface area contributed by atoms with Crippen LogP contribution in [0.1, 0.15) is 21.5 Å². The number of nitrogens with one attached hydrogen (secondary N) is 3. The molecule has 1 aromatic carbocycles. The van der Waals surface area contributed by atoms with E-state index in [0.717, 1.165) is 22.5 Å². The van der Waals surface area contributed by atoms with E-state index in [2.05, 4.69) is 25.7 Å². The van der Waals surface area contributed by atoms with Gasteiger partial charge in [-0.15, -0.1) is 0 Å². The second-order valence-corrected chi connectivity index (χ2v) is 8.23. The summed E-state index contributed by atoms with van der Waals surface area (Å²) in [5.74, 6) is -1.62. The number of fused-ring (bicyclic) bond motifs is 1. The van der Waals surface area contributed by atoms with Gasteiger partial charge < -0.3 is 21.1 Å². The summed E-state index contributed by atoms with van der Waals surface area (Å²) >= 11 is 6.13. The van der Waals surface area contributed by atoms with Crippen LogP contribution in [0.5, 0.6) is 5.88 Å². The summed E-state index contributed by atoms with van der Waals surface area (Å²) < 4.78 is 47.2. The smallest absolute Gasteiger partial charge is 0.418 e. The molecule has 4 aromatic rings. The van der Waals surface area contributed by atoms with Crippen molar-refractivity contribution in [3.05, 3.63) is 82.9 Å². The van der Waals surface area contributed by atoms with Crippen LogP contribution in [-0.2, 0) is 12.7 Å². The van der Waals surface area contributed by atoms with Gasteiger partial charge in [-0.3, -0.25) is 10.2 Å². The summed E-state index contributed by atoms with van der Waals surface area (Å²) in [4.78, 5) is 20.7. The van der Waals surface area contributed by atoms with Gasteiger partial charge in [-0.25, -0.2) is 14.5 Å². The number of hydrogen-bond acceptors (Lipinski definition) is 8. The predicted octanol–water partition coefficient (Wildman–Crippen LogP) is 3.98. The van der Waals surface area contributed by atoms with Crippen LogP contribution in [0.25, 0.3) is 16.8 Å². The van der Waals surface area contributed by atoms with Gasteiger partial charge in [0.15, 0.2) is 5.82 Å². The van der Waals surface area contributed by atoms with E-state index in [9.17, 15) is 18.0 Å². The fourth-order valence-electron chi connectivity index (χ4n) is 3.59. The van der Waals surface area contributed by atoms with E-state index in [1.807, 2.05) is 30.3 Å². The van der Waals surface area contributed by atoms with E-state index in [0.29, 0.717) is 6.54 Å². The number of methoxy groups -OCH3 is 1.